The molecule has 0 amide bonds. The molecule has 1 aliphatic rings. The predicted octanol–water partition coefficient (Wildman–Crippen LogP) is 3.98. The summed E-state index contributed by atoms with van der Waals surface area (Å²) >= 11 is 0. The summed E-state index contributed by atoms with van der Waals surface area (Å²) in [6.07, 6.45) is 8.44. The lowest BCUT2D eigenvalue weighted by molar-refractivity contribution is 0.318. The second kappa shape index (κ2) is 6.52. The first-order chi connectivity index (χ1) is 7.13. The Bertz CT molecular complexity index is 161. The van der Waals surface area contributed by atoms with Crippen LogP contribution in [0.25, 0.3) is 0 Å². The van der Waals surface area contributed by atoms with Gasteiger partial charge in [-0.2, -0.15) is 0 Å². The summed E-state index contributed by atoms with van der Waals surface area (Å²) in [5.41, 5.74) is 0. The van der Waals surface area contributed by atoms with Crippen molar-refractivity contribution in [2.24, 2.45) is 11.8 Å². The van der Waals surface area contributed by atoms with Crippen LogP contribution in [-0.4, -0.2) is 12.1 Å². The third-order valence-electron chi connectivity index (χ3n) is 4.11. The molecule has 3 unspecified atom stereocenters. The van der Waals surface area contributed by atoms with Gasteiger partial charge in [0.15, 0.2) is 0 Å². The van der Waals surface area contributed by atoms with Gasteiger partial charge < -0.3 is 5.32 Å². The van der Waals surface area contributed by atoms with Crippen LogP contribution in [0.15, 0.2) is 0 Å². The molecule has 1 fully saturated rings. The minimum absolute atomic E-state index is 0.690. The molecule has 90 valence electrons. The van der Waals surface area contributed by atoms with E-state index in [1.165, 1.54) is 38.5 Å². The molecule has 1 heteroatoms. The Hall–Kier alpha value is -0.0400. The zero-order chi connectivity index (χ0) is 11.3. The second-order valence-electron chi connectivity index (χ2n) is 5.65. The second-order valence-corrected chi connectivity index (χ2v) is 5.65. The van der Waals surface area contributed by atoms with E-state index >= 15 is 0 Å². The van der Waals surface area contributed by atoms with E-state index in [4.69, 9.17) is 0 Å². The Kier molecular flexibility index (Phi) is 5.66. The highest BCUT2D eigenvalue weighted by Crippen LogP contribution is 2.27. The topological polar surface area (TPSA) is 12.0 Å². The van der Waals surface area contributed by atoms with Crippen molar-refractivity contribution >= 4 is 0 Å². The van der Waals surface area contributed by atoms with E-state index in [0.717, 1.165) is 17.9 Å². The van der Waals surface area contributed by atoms with Crippen LogP contribution >= 0.6 is 0 Å². The fourth-order valence-corrected chi connectivity index (χ4v) is 2.88. The molecule has 1 aliphatic carbocycles. The fraction of sp³-hybridized carbons (Fsp3) is 1.00. The minimum atomic E-state index is 0.690. The van der Waals surface area contributed by atoms with Gasteiger partial charge in [-0.3, -0.25) is 0 Å². The van der Waals surface area contributed by atoms with Gasteiger partial charge in [0.25, 0.3) is 0 Å². The molecule has 0 aromatic heterocycles. The third kappa shape index (κ3) is 4.55. The SMILES string of the molecule is CCC(C)CC(C)NC(C)C1CCCC1. The number of hydrogen-bond donors (Lipinski definition) is 1. The van der Waals surface area contributed by atoms with Crippen molar-refractivity contribution in [1.82, 2.24) is 5.32 Å². The van der Waals surface area contributed by atoms with Crippen LogP contribution in [0.5, 0.6) is 0 Å². The van der Waals surface area contributed by atoms with E-state index < -0.39 is 0 Å². The van der Waals surface area contributed by atoms with E-state index in [0.29, 0.717) is 6.04 Å². The van der Waals surface area contributed by atoms with Gasteiger partial charge in [0.1, 0.15) is 0 Å². The third-order valence-corrected chi connectivity index (χ3v) is 4.11. The molecule has 0 aromatic carbocycles. The van der Waals surface area contributed by atoms with Crippen LogP contribution in [0.3, 0.4) is 0 Å². The number of rotatable bonds is 6. The summed E-state index contributed by atoms with van der Waals surface area (Å²) in [6.45, 7) is 9.37. The van der Waals surface area contributed by atoms with Crippen molar-refractivity contribution in [3.05, 3.63) is 0 Å². The van der Waals surface area contributed by atoms with Crippen molar-refractivity contribution in [2.45, 2.75) is 78.3 Å². The summed E-state index contributed by atoms with van der Waals surface area (Å²) in [7, 11) is 0. The molecule has 0 aromatic rings. The van der Waals surface area contributed by atoms with Crippen molar-refractivity contribution in [3.63, 3.8) is 0 Å². The molecular weight excluding hydrogens is 182 g/mol. The van der Waals surface area contributed by atoms with Gasteiger partial charge in [-0.1, -0.05) is 33.1 Å². The molecule has 3 atom stereocenters. The van der Waals surface area contributed by atoms with Gasteiger partial charge in [-0.25, -0.2) is 0 Å². The summed E-state index contributed by atoms with van der Waals surface area (Å²) in [6, 6.07) is 1.42. The highest BCUT2D eigenvalue weighted by molar-refractivity contribution is 4.79. The molecule has 0 aliphatic heterocycles. The molecule has 0 saturated heterocycles. The average Bonchev–Trinajstić information content (AvgIpc) is 2.70. The van der Waals surface area contributed by atoms with Crippen LogP contribution < -0.4 is 5.32 Å². The van der Waals surface area contributed by atoms with Crippen LogP contribution in [0.1, 0.15) is 66.2 Å². The van der Waals surface area contributed by atoms with Crippen molar-refractivity contribution < 1.29 is 0 Å². The average molecular weight is 211 g/mol. The maximum Gasteiger partial charge on any atom is 0.00694 e. The first-order valence-electron chi connectivity index (χ1n) is 6.89. The van der Waals surface area contributed by atoms with Gasteiger partial charge in [0.05, 0.1) is 0 Å². The zero-order valence-electron chi connectivity index (χ0n) is 11.1. The molecule has 0 spiro atoms. The van der Waals surface area contributed by atoms with Crippen molar-refractivity contribution in [3.8, 4) is 0 Å². The molecular formula is C14H29N. The quantitative estimate of drug-likeness (QED) is 0.701. The number of nitrogens with one attached hydrogen (secondary N) is 1. The molecule has 1 saturated carbocycles. The monoisotopic (exact) mass is 211 g/mol. The Balaban J connectivity index is 2.20. The van der Waals surface area contributed by atoms with Gasteiger partial charge in [-0.15, -0.1) is 0 Å². The summed E-state index contributed by atoms with van der Waals surface area (Å²) in [5, 5.41) is 3.79. The van der Waals surface area contributed by atoms with Gasteiger partial charge in [-0.05, 0) is 44.9 Å². The first kappa shape index (κ1) is 13.0. The Labute approximate surface area is 96.0 Å². The van der Waals surface area contributed by atoms with Crippen LogP contribution in [-0.2, 0) is 0 Å². The molecule has 1 rings (SSSR count). The maximum atomic E-state index is 3.79. The molecule has 0 bridgehead atoms. The van der Waals surface area contributed by atoms with E-state index in [9.17, 15) is 0 Å². The summed E-state index contributed by atoms with van der Waals surface area (Å²) < 4.78 is 0. The lowest BCUT2D eigenvalue weighted by Crippen LogP contribution is -2.39. The standard InChI is InChI=1S/C14H29N/c1-5-11(2)10-12(3)15-13(4)14-8-6-7-9-14/h11-15H,5-10H2,1-4H3. The molecule has 0 radical (unpaired) electrons. The highest BCUT2D eigenvalue weighted by atomic mass is 14.9. The first-order valence-corrected chi connectivity index (χ1v) is 6.89. The Morgan fingerprint density at radius 1 is 1.13 bits per heavy atom. The van der Waals surface area contributed by atoms with Crippen LogP contribution in [0, 0.1) is 11.8 Å². The summed E-state index contributed by atoms with van der Waals surface area (Å²) in [5.74, 6) is 1.81. The molecule has 1 nitrogen and oxygen atoms in total. The van der Waals surface area contributed by atoms with Crippen molar-refractivity contribution in [2.75, 3.05) is 0 Å². The van der Waals surface area contributed by atoms with Crippen molar-refractivity contribution in [1.29, 1.82) is 0 Å². The largest absolute Gasteiger partial charge is 0.311 e. The summed E-state index contributed by atoms with van der Waals surface area (Å²) in [4.78, 5) is 0. The molecule has 1 N–H and O–H groups in total. The lowest BCUT2D eigenvalue weighted by atomic mass is 9.96. The van der Waals surface area contributed by atoms with Crippen LogP contribution in [0.4, 0.5) is 0 Å². The van der Waals surface area contributed by atoms with Gasteiger partial charge in [0, 0.05) is 12.1 Å². The van der Waals surface area contributed by atoms with E-state index in [-0.39, 0.29) is 0 Å². The smallest absolute Gasteiger partial charge is 0.00694 e. The Morgan fingerprint density at radius 3 is 2.27 bits per heavy atom. The zero-order valence-corrected chi connectivity index (χ0v) is 11.1. The van der Waals surface area contributed by atoms with Crippen LogP contribution in [0.2, 0.25) is 0 Å². The normalized spacial score (nSPS) is 24.0. The molecule has 15 heavy (non-hydrogen) atoms. The number of hydrogen-bond acceptors (Lipinski definition) is 1. The van der Waals surface area contributed by atoms with E-state index in [1.807, 2.05) is 0 Å². The van der Waals surface area contributed by atoms with Gasteiger partial charge in [0.2, 0.25) is 0 Å². The van der Waals surface area contributed by atoms with E-state index in [2.05, 4.69) is 33.0 Å². The Morgan fingerprint density at radius 2 is 1.73 bits per heavy atom. The predicted molar refractivity (Wildman–Crippen MR) is 68.1 cm³/mol. The fourth-order valence-electron chi connectivity index (χ4n) is 2.88. The minimum Gasteiger partial charge on any atom is -0.311 e. The van der Waals surface area contributed by atoms with Gasteiger partial charge >= 0.3 is 0 Å². The lowest BCUT2D eigenvalue weighted by Gasteiger charge is -2.26. The highest BCUT2D eigenvalue weighted by Gasteiger charge is 2.22. The maximum absolute atomic E-state index is 3.79. The molecule has 0 heterocycles. The van der Waals surface area contributed by atoms with E-state index in [1.54, 1.807) is 0 Å².